The van der Waals surface area contributed by atoms with Crippen molar-refractivity contribution in [2.24, 2.45) is 0 Å². The molecule has 0 saturated carbocycles. The van der Waals surface area contributed by atoms with Gasteiger partial charge in [-0.25, -0.2) is 14.4 Å². The molecule has 0 bridgehead atoms. The number of amides is 1. The summed E-state index contributed by atoms with van der Waals surface area (Å²) in [5.74, 6) is 0.0128. The first kappa shape index (κ1) is 25.2. The number of H-pyrrole nitrogens is 2. The lowest BCUT2D eigenvalue weighted by molar-refractivity contribution is -0.116. The number of methoxy groups -OCH3 is 1. The zero-order chi connectivity index (χ0) is 27.6. The average Bonchev–Trinajstić information content (AvgIpc) is 3.59. The van der Waals surface area contributed by atoms with Gasteiger partial charge in [-0.2, -0.15) is 5.10 Å². The van der Waals surface area contributed by atoms with E-state index in [1.165, 1.54) is 19.2 Å². The van der Waals surface area contributed by atoms with Gasteiger partial charge < -0.3 is 15.0 Å². The molecular formula is C30H26FN7O2. The van der Waals surface area contributed by atoms with Gasteiger partial charge in [0.15, 0.2) is 0 Å². The first-order valence-electron chi connectivity index (χ1n) is 13.0. The maximum atomic E-state index is 14.3. The Hall–Kier alpha value is -5.12. The zero-order valence-corrected chi connectivity index (χ0v) is 22.0. The number of nitrogens with zero attached hydrogens (tertiary/aromatic N) is 4. The molecule has 0 saturated heterocycles. The molecule has 0 aliphatic heterocycles. The fraction of sp³-hybridized carbons (Fsp3) is 0.167. The van der Waals surface area contributed by atoms with Crippen LogP contribution in [0.1, 0.15) is 26.2 Å². The minimum absolute atomic E-state index is 0.0372. The number of rotatable bonds is 8. The van der Waals surface area contributed by atoms with Crippen molar-refractivity contribution in [1.29, 1.82) is 0 Å². The van der Waals surface area contributed by atoms with Crippen LogP contribution in [0.3, 0.4) is 0 Å². The second-order valence-corrected chi connectivity index (χ2v) is 9.46. The van der Waals surface area contributed by atoms with Gasteiger partial charge in [-0.05, 0) is 60.0 Å². The maximum Gasteiger partial charge on any atom is 0.224 e. The minimum Gasteiger partial charge on any atom is -0.497 e. The van der Waals surface area contributed by atoms with E-state index in [-0.39, 0.29) is 11.7 Å². The number of nitrogens with one attached hydrogen (secondary N) is 3. The fourth-order valence-corrected chi connectivity index (χ4v) is 4.70. The third-order valence-corrected chi connectivity index (χ3v) is 6.69. The normalized spacial score (nSPS) is 11.3. The second-order valence-electron chi connectivity index (χ2n) is 9.46. The van der Waals surface area contributed by atoms with E-state index in [0.717, 1.165) is 34.9 Å². The van der Waals surface area contributed by atoms with E-state index in [1.807, 2.05) is 30.3 Å². The molecule has 0 atom stereocenters. The number of pyridine rings is 3. The van der Waals surface area contributed by atoms with Crippen LogP contribution in [-0.2, 0) is 4.79 Å². The SMILES string of the molecule is CCCCC(=O)Nc1cncc(-c2ccc3[nH]nc(-c4cc5c(-c6cc(F)cc(OC)c6)ccnc5[nH]4)c3n2)c1. The number of unbranched alkanes of at least 4 members (excludes halogenated alkanes) is 1. The fourth-order valence-electron chi connectivity index (χ4n) is 4.70. The van der Waals surface area contributed by atoms with Gasteiger partial charge in [0, 0.05) is 35.8 Å². The molecule has 10 heteroatoms. The highest BCUT2D eigenvalue weighted by atomic mass is 19.1. The molecule has 6 aromatic rings. The summed E-state index contributed by atoms with van der Waals surface area (Å²) < 4.78 is 19.5. The molecule has 5 aromatic heterocycles. The summed E-state index contributed by atoms with van der Waals surface area (Å²) in [7, 11) is 1.51. The van der Waals surface area contributed by atoms with Crippen molar-refractivity contribution in [3.8, 4) is 39.5 Å². The molecule has 0 fully saturated rings. The van der Waals surface area contributed by atoms with Gasteiger partial charge in [0.2, 0.25) is 5.91 Å². The van der Waals surface area contributed by atoms with Crippen molar-refractivity contribution in [3.05, 3.63) is 72.9 Å². The number of aromatic nitrogens is 6. The first-order valence-corrected chi connectivity index (χ1v) is 13.0. The topological polar surface area (TPSA) is 121 Å². The molecule has 9 nitrogen and oxygen atoms in total. The second kappa shape index (κ2) is 10.6. The molecule has 0 aliphatic carbocycles. The van der Waals surface area contributed by atoms with E-state index >= 15 is 0 Å². The number of hydrogen-bond donors (Lipinski definition) is 3. The van der Waals surface area contributed by atoms with E-state index in [4.69, 9.17) is 9.72 Å². The number of anilines is 1. The number of carbonyl (C=O) groups is 1. The average molecular weight is 536 g/mol. The van der Waals surface area contributed by atoms with Crippen molar-refractivity contribution >= 4 is 33.7 Å². The molecule has 0 aliphatic rings. The van der Waals surface area contributed by atoms with E-state index in [9.17, 15) is 9.18 Å². The third-order valence-electron chi connectivity index (χ3n) is 6.69. The minimum atomic E-state index is -0.385. The summed E-state index contributed by atoms with van der Waals surface area (Å²) in [4.78, 5) is 29.2. The van der Waals surface area contributed by atoms with Crippen molar-refractivity contribution < 1.29 is 13.9 Å². The van der Waals surface area contributed by atoms with Gasteiger partial charge in [0.25, 0.3) is 0 Å². The molecule has 5 heterocycles. The van der Waals surface area contributed by atoms with E-state index in [1.54, 1.807) is 24.7 Å². The molecule has 1 aromatic carbocycles. The predicted molar refractivity (Wildman–Crippen MR) is 152 cm³/mol. The van der Waals surface area contributed by atoms with Crippen LogP contribution in [-0.4, -0.2) is 43.2 Å². The number of carbonyl (C=O) groups excluding carboxylic acids is 1. The molecule has 200 valence electrons. The number of fused-ring (bicyclic) bond motifs is 2. The molecule has 1 amide bonds. The molecular weight excluding hydrogens is 509 g/mol. The summed E-state index contributed by atoms with van der Waals surface area (Å²) in [6, 6.07) is 14.0. The Morgan fingerprint density at radius 1 is 1.07 bits per heavy atom. The van der Waals surface area contributed by atoms with Crippen LogP contribution in [0.5, 0.6) is 5.75 Å². The van der Waals surface area contributed by atoms with Crippen molar-refractivity contribution in [2.75, 3.05) is 12.4 Å². The quantitative estimate of drug-likeness (QED) is 0.204. The van der Waals surface area contributed by atoms with E-state index in [0.29, 0.717) is 51.7 Å². The van der Waals surface area contributed by atoms with Crippen molar-refractivity contribution in [2.45, 2.75) is 26.2 Å². The molecule has 40 heavy (non-hydrogen) atoms. The summed E-state index contributed by atoms with van der Waals surface area (Å²) in [5.41, 5.74) is 6.96. The number of ether oxygens (including phenoxy) is 1. The molecule has 0 radical (unpaired) electrons. The summed E-state index contributed by atoms with van der Waals surface area (Å²) >= 11 is 0. The lowest BCUT2D eigenvalue weighted by Gasteiger charge is -2.07. The van der Waals surface area contributed by atoms with Gasteiger partial charge >= 0.3 is 0 Å². The Morgan fingerprint density at radius 3 is 2.83 bits per heavy atom. The summed E-state index contributed by atoms with van der Waals surface area (Å²) in [6.45, 7) is 2.05. The van der Waals surface area contributed by atoms with Crippen molar-refractivity contribution in [3.63, 3.8) is 0 Å². The molecule has 0 spiro atoms. The van der Waals surface area contributed by atoms with Crippen molar-refractivity contribution in [1.82, 2.24) is 30.1 Å². The number of aromatic amines is 2. The molecule has 0 unspecified atom stereocenters. The van der Waals surface area contributed by atoms with E-state index < -0.39 is 0 Å². The first-order chi connectivity index (χ1) is 19.5. The van der Waals surface area contributed by atoms with Gasteiger partial charge in [-0.3, -0.25) is 14.9 Å². The Morgan fingerprint density at radius 2 is 1.98 bits per heavy atom. The number of benzene rings is 1. The third kappa shape index (κ3) is 4.86. The highest BCUT2D eigenvalue weighted by Crippen LogP contribution is 2.35. The van der Waals surface area contributed by atoms with Crippen LogP contribution in [0, 0.1) is 5.82 Å². The largest absolute Gasteiger partial charge is 0.497 e. The van der Waals surface area contributed by atoms with Gasteiger partial charge in [0.05, 0.1) is 35.9 Å². The maximum absolute atomic E-state index is 14.3. The number of hydrogen-bond acceptors (Lipinski definition) is 6. The molecule has 6 rings (SSSR count). The van der Waals surface area contributed by atoms with Crippen LogP contribution >= 0.6 is 0 Å². The van der Waals surface area contributed by atoms with Crippen LogP contribution in [0.4, 0.5) is 10.1 Å². The van der Waals surface area contributed by atoms with Gasteiger partial charge in [-0.1, -0.05) is 13.3 Å². The lowest BCUT2D eigenvalue weighted by Crippen LogP contribution is -2.11. The van der Waals surface area contributed by atoms with Crippen LogP contribution in [0.15, 0.2) is 67.1 Å². The highest BCUT2D eigenvalue weighted by Gasteiger charge is 2.17. The Balaban J connectivity index is 1.38. The van der Waals surface area contributed by atoms with Crippen LogP contribution < -0.4 is 10.1 Å². The van der Waals surface area contributed by atoms with E-state index in [2.05, 4.69) is 37.4 Å². The smallest absolute Gasteiger partial charge is 0.224 e. The Kier molecular flexibility index (Phi) is 6.65. The molecule has 3 N–H and O–H groups in total. The van der Waals surface area contributed by atoms with Gasteiger partial charge in [0.1, 0.15) is 28.4 Å². The predicted octanol–water partition coefficient (Wildman–Crippen LogP) is 6.51. The monoisotopic (exact) mass is 535 g/mol. The Bertz CT molecular complexity index is 1860. The lowest BCUT2D eigenvalue weighted by atomic mass is 10.0. The van der Waals surface area contributed by atoms with Gasteiger partial charge in [-0.15, -0.1) is 0 Å². The van der Waals surface area contributed by atoms with Crippen LogP contribution in [0.2, 0.25) is 0 Å². The Labute approximate surface area is 228 Å². The van der Waals surface area contributed by atoms with Crippen LogP contribution in [0.25, 0.3) is 55.8 Å². The highest BCUT2D eigenvalue weighted by molar-refractivity contribution is 5.99. The standard InChI is InChI=1S/C30H26FN7O2/c1-3-4-5-27(39)34-20-11-18(15-32-16-20)24-6-7-25-28(35-24)29(38-37-25)26-14-23-22(8-9-33-30(23)36-26)17-10-19(31)13-21(12-17)40-2/h6-16H,3-5H2,1-2H3,(H,33,36)(H,34,39)(H,37,38). The number of halogens is 1. The summed E-state index contributed by atoms with van der Waals surface area (Å²) in [5, 5.41) is 11.3. The zero-order valence-electron chi connectivity index (χ0n) is 22.0. The summed E-state index contributed by atoms with van der Waals surface area (Å²) in [6.07, 6.45) is 7.27.